The second kappa shape index (κ2) is 10.2. The Labute approximate surface area is 155 Å². The lowest BCUT2D eigenvalue weighted by atomic mass is 10.1. The van der Waals surface area contributed by atoms with Crippen LogP contribution in [0.1, 0.15) is 48.9 Å². The van der Waals surface area contributed by atoms with Gasteiger partial charge in [-0.15, -0.1) is 12.4 Å². The summed E-state index contributed by atoms with van der Waals surface area (Å²) in [5.74, 6) is -0.0234. The molecule has 2 N–H and O–H groups in total. The topological polar surface area (TPSA) is 59.0 Å². The number of benzene rings is 1. The van der Waals surface area contributed by atoms with Gasteiger partial charge in [0.1, 0.15) is 0 Å². The predicted molar refractivity (Wildman–Crippen MR) is 103 cm³/mol. The number of aromatic nitrogens is 2. The van der Waals surface area contributed by atoms with E-state index in [4.69, 9.17) is 0 Å². The van der Waals surface area contributed by atoms with E-state index in [1.165, 1.54) is 38.5 Å². The lowest BCUT2D eigenvalue weighted by Gasteiger charge is -2.16. The molecule has 0 radical (unpaired) electrons. The molecular formula is C19H27ClN4O. The summed E-state index contributed by atoms with van der Waals surface area (Å²) >= 11 is 0. The predicted octanol–water partition coefficient (Wildman–Crippen LogP) is 3.34. The van der Waals surface area contributed by atoms with E-state index >= 15 is 0 Å². The maximum Gasteiger partial charge on any atom is 0.251 e. The molecule has 1 aromatic carbocycles. The molecular weight excluding hydrogens is 336 g/mol. The van der Waals surface area contributed by atoms with Crippen LogP contribution in [0.4, 0.5) is 0 Å². The summed E-state index contributed by atoms with van der Waals surface area (Å²) in [7, 11) is 0. The lowest BCUT2D eigenvalue weighted by Crippen LogP contribution is -2.36. The summed E-state index contributed by atoms with van der Waals surface area (Å²) in [4.78, 5) is 12.2. The zero-order chi connectivity index (χ0) is 16.6. The lowest BCUT2D eigenvalue weighted by molar-refractivity contribution is 0.0953. The van der Waals surface area contributed by atoms with Crippen LogP contribution >= 0.6 is 12.4 Å². The minimum atomic E-state index is -0.0234. The quantitative estimate of drug-likeness (QED) is 0.612. The second-order valence-electron chi connectivity index (χ2n) is 6.40. The molecule has 2 aromatic rings. The Morgan fingerprint density at radius 3 is 2.44 bits per heavy atom. The molecule has 0 unspecified atom stereocenters. The van der Waals surface area contributed by atoms with Crippen molar-refractivity contribution in [2.75, 3.05) is 13.1 Å². The molecule has 0 spiro atoms. The van der Waals surface area contributed by atoms with Crippen LogP contribution in [0.25, 0.3) is 5.69 Å². The Hall–Kier alpha value is -1.85. The van der Waals surface area contributed by atoms with Crippen molar-refractivity contribution in [3.63, 3.8) is 0 Å². The molecule has 1 heterocycles. The smallest absolute Gasteiger partial charge is 0.251 e. The van der Waals surface area contributed by atoms with Crippen molar-refractivity contribution in [1.82, 2.24) is 20.4 Å². The highest BCUT2D eigenvalue weighted by atomic mass is 35.5. The monoisotopic (exact) mass is 362 g/mol. The van der Waals surface area contributed by atoms with Crippen LogP contribution in [0.5, 0.6) is 0 Å². The van der Waals surface area contributed by atoms with Crippen molar-refractivity contribution in [1.29, 1.82) is 0 Å². The molecule has 1 fully saturated rings. The number of carbonyl (C=O) groups excluding carboxylic acids is 1. The molecule has 0 aliphatic heterocycles. The molecule has 0 atom stereocenters. The maximum absolute atomic E-state index is 12.2. The van der Waals surface area contributed by atoms with Crippen LogP contribution in [0.3, 0.4) is 0 Å². The van der Waals surface area contributed by atoms with E-state index in [1.807, 2.05) is 36.5 Å². The largest absolute Gasteiger partial charge is 0.351 e. The summed E-state index contributed by atoms with van der Waals surface area (Å²) in [5, 5.41) is 10.7. The molecule has 1 aromatic heterocycles. The van der Waals surface area contributed by atoms with E-state index in [0.717, 1.165) is 12.2 Å². The molecule has 5 nitrogen and oxygen atoms in total. The summed E-state index contributed by atoms with van der Waals surface area (Å²) < 4.78 is 1.78. The van der Waals surface area contributed by atoms with E-state index in [0.29, 0.717) is 18.2 Å². The van der Waals surface area contributed by atoms with Gasteiger partial charge in [-0.05, 0) is 43.2 Å². The SMILES string of the molecule is Cl.O=C(NCCNC1CCCCCC1)c1ccc(-n2cccn2)cc1. The van der Waals surface area contributed by atoms with Crippen LogP contribution in [0.15, 0.2) is 42.7 Å². The third kappa shape index (κ3) is 5.87. The number of halogens is 1. The molecule has 1 saturated carbocycles. The minimum absolute atomic E-state index is 0. The normalized spacial score (nSPS) is 15.2. The molecule has 1 aliphatic rings. The van der Waals surface area contributed by atoms with E-state index in [-0.39, 0.29) is 18.3 Å². The highest BCUT2D eigenvalue weighted by Gasteiger charge is 2.11. The van der Waals surface area contributed by atoms with Gasteiger partial charge >= 0.3 is 0 Å². The Balaban J connectivity index is 0.00000225. The van der Waals surface area contributed by atoms with Crippen LogP contribution in [0.2, 0.25) is 0 Å². The van der Waals surface area contributed by atoms with Crippen LogP contribution in [0, 0.1) is 0 Å². The van der Waals surface area contributed by atoms with Crippen LogP contribution in [-0.2, 0) is 0 Å². The summed E-state index contributed by atoms with van der Waals surface area (Å²) in [6, 6.07) is 9.99. The summed E-state index contributed by atoms with van der Waals surface area (Å²) in [5.41, 5.74) is 1.63. The zero-order valence-corrected chi connectivity index (χ0v) is 15.3. The fraction of sp³-hybridized carbons (Fsp3) is 0.474. The molecule has 3 rings (SSSR count). The van der Waals surface area contributed by atoms with Crippen molar-refractivity contribution >= 4 is 18.3 Å². The Morgan fingerprint density at radius 1 is 1.08 bits per heavy atom. The molecule has 0 saturated heterocycles. The third-order valence-electron chi connectivity index (χ3n) is 4.60. The van der Waals surface area contributed by atoms with Crippen molar-refractivity contribution in [3.8, 4) is 5.69 Å². The van der Waals surface area contributed by atoms with Crippen molar-refractivity contribution in [3.05, 3.63) is 48.3 Å². The van der Waals surface area contributed by atoms with Crippen molar-refractivity contribution in [2.24, 2.45) is 0 Å². The third-order valence-corrected chi connectivity index (χ3v) is 4.60. The average Bonchev–Trinajstić information content (AvgIpc) is 3.03. The van der Waals surface area contributed by atoms with Gasteiger partial charge in [0.25, 0.3) is 5.91 Å². The second-order valence-corrected chi connectivity index (χ2v) is 6.40. The van der Waals surface area contributed by atoms with Gasteiger partial charge in [-0.2, -0.15) is 5.10 Å². The first-order chi connectivity index (χ1) is 11.8. The van der Waals surface area contributed by atoms with Crippen molar-refractivity contribution < 1.29 is 4.79 Å². The van der Waals surface area contributed by atoms with Gasteiger partial charge < -0.3 is 10.6 Å². The number of nitrogens with zero attached hydrogens (tertiary/aromatic N) is 2. The summed E-state index contributed by atoms with van der Waals surface area (Å²) in [6.45, 7) is 1.50. The summed E-state index contributed by atoms with van der Waals surface area (Å²) in [6.07, 6.45) is 11.5. The Bertz CT molecular complexity index is 619. The highest BCUT2D eigenvalue weighted by Crippen LogP contribution is 2.16. The standard InChI is InChI=1S/C19H26N4O.ClH/c24-19(21-14-13-20-17-6-3-1-2-4-7-17)16-8-10-18(11-9-16)23-15-5-12-22-23;/h5,8-12,15,17,20H,1-4,6-7,13-14H2,(H,21,24);1H. The fourth-order valence-corrected chi connectivity index (χ4v) is 3.22. The van der Waals surface area contributed by atoms with Gasteiger partial charge in [0.05, 0.1) is 5.69 Å². The Morgan fingerprint density at radius 2 is 1.80 bits per heavy atom. The average molecular weight is 363 g/mol. The minimum Gasteiger partial charge on any atom is -0.351 e. The van der Waals surface area contributed by atoms with E-state index in [9.17, 15) is 4.79 Å². The van der Waals surface area contributed by atoms with Crippen LogP contribution in [-0.4, -0.2) is 34.8 Å². The number of rotatable bonds is 6. The molecule has 6 heteroatoms. The molecule has 1 aliphatic carbocycles. The molecule has 0 bridgehead atoms. The van der Waals surface area contributed by atoms with Crippen LogP contribution < -0.4 is 10.6 Å². The molecule has 1 amide bonds. The first-order valence-corrected chi connectivity index (χ1v) is 8.94. The number of carbonyl (C=O) groups is 1. The molecule has 25 heavy (non-hydrogen) atoms. The van der Waals surface area contributed by atoms with E-state index in [1.54, 1.807) is 10.9 Å². The van der Waals surface area contributed by atoms with E-state index < -0.39 is 0 Å². The van der Waals surface area contributed by atoms with Gasteiger partial charge in [0.15, 0.2) is 0 Å². The van der Waals surface area contributed by atoms with E-state index in [2.05, 4.69) is 15.7 Å². The number of nitrogens with one attached hydrogen (secondary N) is 2. The van der Waals surface area contributed by atoms with Gasteiger partial charge in [-0.25, -0.2) is 4.68 Å². The number of hydrogen-bond donors (Lipinski definition) is 2. The van der Waals surface area contributed by atoms with Gasteiger partial charge in [-0.1, -0.05) is 25.7 Å². The fourth-order valence-electron chi connectivity index (χ4n) is 3.22. The first-order valence-electron chi connectivity index (χ1n) is 8.94. The van der Waals surface area contributed by atoms with Gasteiger partial charge in [0, 0.05) is 37.1 Å². The Kier molecular flexibility index (Phi) is 7.95. The first kappa shape index (κ1) is 19.5. The molecule has 136 valence electrons. The maximum atomic E-state index is 12.2. The highest BCUT2D eigenvalue weighted by molar-refractivity contribution is 5.94. The van der Waals surface area contributed by atoms with Gasteiger partial charge in [0.2, 0.25) is 0 Å². The van der Waals surface area contributed by atoms with Gasteiger partial charge in [-0.3, -0.25) is 4.79 Å². The number of hydrogen-bond acceptors (Lipinski definition) is 3. The zero-order valence-electron chi connectivity index (χ0n) is 14.5. The van der Waals surface area contributed by atoms with Crippen molar-refractivity contribution in [2.45, 2.75) is 44.6 Å². The number of amides is 1.